The minimum absolute atomic E-state index is 0.363. The van der Waals surface area contributed by atoms with Crippen LogP contribution in [0.4, 0.5) is 0 Å². The number of hydrogen-bond donors (Lipinski definition) is 0. The van der Waals surface area contributed by atoms with Gasteiger partial charge in [-0.2, -0.15) is 0 Å². The second kappa shape index (κ2) is 9.23. The van der Waals surface area contributed by atoms with Crippen LogP contribution in [-0.2, 0) is 6.67 Å². The Morgan fingerprint density at radius 1 is 1.00 bits per heavy atom. The largest absolute Gasteiger partial charge is 0.490 e. The van der Waals surface area contributed by atoms with Crippen LogP contribution in [0, 0.1) is 4.84 Å². The van der Waals surface area contributed by atoms with Crippen molar-refractivity contribution in [2.24, 2.45) is 0 Å². The average molecular weight is 394 g/mol. The molecule has 1 aromatic carbocycles. The maximum atomic E-state index is 5.77. The number of benzene rings is 1. The third kappa shape index (κ3) is 4.62. The second-order valence-corrected chi connectivity index (χ2v) is 6.59. The molecule has 2 heterocycles. The summed E-state index contributed by atoms with van der Waals surface area (Å²) in [6.45, 7) is 10.1. The Morgan fingerprint density at radius 3 is 2.15 bits per heavy atom. The Kier molecular flexibility index (Phi) is 6.73. The molecule has 1 saturated heterocycles. The van der Waals surface area contributed by atoms with Gasteiger partial charge in [-0.3, -0.25) is 4.90 Å². The van der Waals surface area contributed by atoms with Gasteiger partial charge in [-0.1, -0.05) is 0 Å². The molecule has 0 aliphatic carbocycles. The van der Waals surface area contributed by atoms with Crippen molar-refractivity contribution in [2.45, 2.75) is 40.3 Å². The lowest BCUT2D eigenvalue weighted by Gasteiger charge is -2.16. The molecule has 1 aliphatic heterocycles. The van der Waals surface area contributed by atoms with Gasteiger partial charge in [0.2, 0.25) is 11.6 Å². The molecular weight excluding hydrogens is 366 g/mol. The summed E-state index contributed by atoms with van der Waals surface area (Å²) < 4.78 is 24.8. The number of hydrogen-bond acceptors (Lipinski definition) is 7. The highest BCUT2D eigenvalue weighted by atomic mass is 32.1. The third-order valence-electron chi connectivity index (χ3n) is 4.29. The Balaban J connectivity index is 1.96. The summed E-state index contributed by atoms with van der Waals surface area (Å²) >= 11 is 5.36. The first-order valence-electron chi connectivity index (χ1n) is 9.53. The zero-order valence-corrected chi connectivity index (χ0v) is 17.0. The van der Waals surface area contributed by atoms with Crippen molar-refractivity contribution in [3.05, 3.63) is 17.0 Å². The van der Waals surface area contributed by atoms with Gasteiger partial charge in [0.1, 0.15) is 0 Å². The maximum Gasteiger partial charge on any atom is 0.288 e. The zero-order chi connectivity index (χ0) is 19.2. The summed E-state index contributed by atoms with van der Waals surface area (Å²) in [5, 5.41) is 4.57. The first-order valence-corrected chi connectivity index (χ1v) is 9.94. The van der Waals surface area contributed by atoms with E-state index < -0.39 is 0 Å². The standard InChI is InChI=1S/C19H27N3O4S/c1-4-23-15-11-14(12-16(24-5-2)17(15)25-6-3)18-20-22(19(27)26-18)13-21-9-7-8-10-21/h11-12H,4-10,13H2,1-3H3. The molecule has 27 heavy (non-hydrogen) atoms. The van der Waals surface area contributed by atoms with Gasteiger partial charge < -0.3 is 18.6 Å². The topological polar surface area (TPSA) is 61.9 Å². The van der Waals surface area contributed by atoms with Crippen LogP contribution in [-0.4, -0.2) is 47.6 Å². The van der Waals surface area contributed by atoms with Gasteiger partial charge in [-0.25, -0.2) is 4.68 Å². The average Bonchev–Trinajstić information content (AvgIpc) is 3.28. The van der Waals surface area contributed by atoms with Gasteiger partial charge in [0.05, 0.1) is 26.5 Å². The van der Waals surface area contributed by atoms with Crippen LogP contribution in [0.3, 0.4) is 0 Å². The van der Waals surface area contributed by atoms with Crippen molar-refractivity contribution in [1.29, 1.82) is 0 Å². The van der Waals surface area contributed by atoms with E-state index in [1.165, 1.54) is 12.8 Å². The van der Waals surface area contributed by atoms with Crippen LogP contribution in [0.2, 0.25) is 0 Å². The van der Waals surface area contributed by atoms with Crippen LogP contribution in [0.15, 0.2) is 16.5 Å². The van der Waals surface area contributed by atoms with E-state index in [1.54, 1.807) is 4.68 Å². The lowest BCUT2D eigenvalue weighted by molar-refractivity contribution is 0.249. The normalized spacial score (nSPS) is 14.5. The Labute approximate surface area is 164 Å². The molecule has 0 N–H and O–H groups in total. The molecule has 1 fully saturated rings. The Bertz CT molecular complexity index is 785. The van der Waals surface area contributed by atoms with Crippen LogP contribution in [0.25, 0.3) is 11.5 Å². The van der Waals surface area contributed by atoms with Crippen molar-refractivity contribution < 1.29 is 18.6 Å². The minimum Gasteiger partial charge on any atom is -0.490 e. The summed E-state index contributed by atoms with van der Waals surface area (Å²) in [6.07, 6.45) is 2.43. The van der Waals surface area contributed by atoms with Gasteiger partial charge in [-0.15, -0.1) is 5.10 Å². The van der Waals surface area contributed by atoms with Gasteiger partial charge in [0.15, 0.2) is 11.5 Å². The molecular formula is C19H27N3O4S. The lowest BCUT2D eigenvalue weighted by atomic mass is 10.2. The van der Waals surface area contributed by atoms with E-state index in [0.717, 1.165) is 18.7 Å². The summed E-state index contributed by atoms with van der Waals surface area (Å²) in [5.74, 6) is 2.26. The summed E-state index contributed by atoms with van der Waals surface area (Å²) in [6, 6.07) is 3.72. The van der Waals surface area contributed by atoms with Crippen molar-refractivity contribution in [3.8, 4) is 28.7 Å². The van der Waals surface area contributed by atoms with E-state index in [1.807, 2.05) is 32.9 Å². The van der Waals surface area contributed by atoms with E-state index in [4.69, 9.17) is 30.8 Å². The molecule has 2 aromatic rings. The molecule has 8 heteroatoms. The number of rotatable bonds is 9. The van der Waals surface area contributed by atoms with Crippen molar-refractivity contribution in [2.75, 3.05) is 32.9 Å². The van der Waals surface area contributed by atoms with Gasteiger partial charge >= 0.3 is 0 Å². The van der Waals surface area contributed by atoms with Crippen LogP contribution < -0.4 is 14.2 Å². The highest BCUT2D eigenvalue weighted by Crippen LogP contribution is 2.41. The van der Waals surface area contributed by atoms with E-state index >= 15 is 0 Å². The van der Waals surface area contributed by atoms with E-state index in [2.05, 4.69) is 10.00 Å². The monoisotopic (exact) mass is 393 g/mol. The molecule has 0 saturated carbocycles. The fourth-order valence-corrected chi connectivity index (χ4v) is 3.32. The molecule has 1 aromatic heterocycles. The molecule has 1 aliphatic rings. The molecule has 0 radical (unpaired) electrons. The number of nitrogens with zero attached hydrogens (tertiary/aromatic N) is 3. The molecule has 148 valence electrons. The second-order valence-electron chi connectivity index (χ2n) is 6.24. The first-order chi connectivity index (χ1) is 13.2. The van der Waals surface area contributed by atoms with Crippen LogP contribution in [0.1, 0.15) is 33.6 Å². The zero-order valence-electron chi connectivity index (χ0n) is 16.2. The third-order valence-corrected chi connectivity index (χ3v) is 4.59. The number of aromatic nitrogens is 2. The van der Waals surface area contributed by atoms with Crippen LogP contribution in [0.5, 0.6) is 17.2 Å². The quantitative estimate of drug-likeness (QED) is 0.594. The molecule has 3 rings (SSSR count). The van der Waals surface area contributed by atoms with Gasteiger partial charge in [-0.05, 0) is 71.1 Å². The van der Waals surface area contributed by atoms with E-state index in [9.17, 15) is 0 Å². The van der Waals surface area contributed by atoms with E-state index in [0.29, 0.717) is 54.5 Å². The predicted molar refractivity (Wildman–Crippen MR) is 105 cm³/mol. The minimum atomic E-state index is 0.363. The van der Waals surface area contributed by atoms with Crippen molar-refractivity contribution >= 4 is 12.2 Å². The maximum absolute atomic E-state index is 5.77. The molecule has 0 atom stereocenters. The Hall–Kier alpha value is -2.06. The predicted octanol–water partition coefficient (Wildman–Crippen LogP) is 4.12. The molecule has 0 bridgehead atoms. The molecule has 0 amide bonds. The summed E-state index contributed by atoms with van der Waals surface area (Å²) in [4.78, 5) is 2.68. The SMILES string of the molecule is CCOc1cc(-c2nn(CN3CCCC3)c(=S)o2)cc(OCC)c1OCC. The van der Waals surface area contributed by atoms with Crippen molar-refractivity contribution in [1.82, 2.24) is 14.7 Å². The molecule has 7 nitrogen and oxygen atoms in total. The summed E-state index contributed by atoms with van der Waals surface area (Å²) in [5.41, 5.74) is 0.747. The fraction of sp³-hybridized carbons (Fsp3) is 0.579. The van der Waals surface area contributed by atoms with Gasteiger partial charge in [0, 0.05) is 5.56 Å². The molecule has 0 spiro atoms. The first kappa shape index (κ1) is 19.7. The summed E-state index contributed by atoms with van der Waals surface area (Å²) in [7, 11) is 0. The lowest BCUT2D eigenvalue weighted by Crippen LogP contribution is -2.23. The highest BCUT2D eigenvalue weighted by molar-refractivity contribution is 7.71. The van der Waals surface area contributed by atoms with Crippen molar-refractivity contribution in [3.63, 3.8) is 0 Å². The van der Waals surface area contributed by atoms with E-state index in [-0.39, 0.29) is 0 Å². The van der Waals surface area contributed by atoms with Crippen LogP contribution >= 0.6 is 12.2 Å². The highest BCUT2D eigenvalue weighted by Gasteiger charge is 2.20. The Morgan fingerprint density at radius 2 is 1.59 bits per heavy atom. The fourth-order valence-electron chi connectivity index (χ4n) is 3.14. The number of likely N-dealkylation sites (tertiary alicyclic amines) is 1. The molecule has 0 unspecified atom stereocenters. The smallest absolute Gasteiger partial charge is 0.288 e. The number of ether oxygens (including phenoxy) is 3. The van der Waals surface area contributed by atoms with Gasteiger partial charge in [0.25, 0.3) is 4.84 Å².